The number of fused-ring (bicyclic) bond motifs is 3. The van der Waals surface area contributed by atoms with E-state index in [4.69, 9.17) is 0 Å². The van der Waals surface area contributed by atoms with Gasteiger partial charge in [-0.2, -0.15) is 0 Å². The van der Waals surface area contributed by atoms with Crippen molar-refractivity contribution in [2.24, 2.45) is 0 Å². The Balaban J connectivity index is 1.57. The van der Waals surface area contributed by atoms with Crippen molar-refractivity contribution in [1.82, 2.24) is 9.88 Å². The lowest BCUT2D eigenvalue weighted by Gasteiger charge is -2.27. The summed E-state index contributed by atoms with van der Waals surface area (Å²) in [6.07, 6.45) is 1.39. The second-order valence-electron chi connectivity index (χ2n) is 6.86. The molecule has 24 heavy (non-hydrogen) atoms. The third-order valence-electron chi connectivity index (χ3n) is 4.92. The van der Waals surface area contributed by atoms with E-state index in [1.54, 1.807) is 0 Å². The van der Waals surface area contributed by atoms with Crippen LogP contribution in [0.15, 0.2) is 42.5 Å². The molecule has 1 aromatic heterocycles. The fourth-order valence-corrected chi connectivity index (χ4v) is 3.66. The first-order valence-corrected chi connectivity index (χ1v) is 8.53. The fourth-order valence-electron chi connectivity index (χ4n) is 3.66. The van der Waals surface area contributed by atoms with E-state index in [0.29, 0.717) is 13.0 Å². The molecule has 0 saturated heterocycles. The summed E-state index contributed by atoms with van der Waals surface area (Å²) in [5.74, 6) is 0.215. The van der Waals surface area contributed by atoms with Gasteiger partial charge in [0.2, 0.25) is 5.91 Å². The van der Waals surface area contributed by atoms with Crippen LogP contribution in [-0.2, 0) is 24.2 Å². The van der Waals surface area contributed by atoms with Crippen LogP contribution in [0.1, 0.15) is 27.9 Å². The normalized spacial score (nSPS) is 14.0. The second-order valence-corrected chi connectivity index (χ2v) is 6.86. The van der Waals surface area contributed by atoms with Crippen LogP contribution in [0.3, 0.4) is 0 Å². The number of aromatic amines is 1. The van der Waals surface area contributed by atoms with Crippen LogP contribution in [-0.4, -0.2) is 22.3 Å². The number of rotatable bonds is 2. The Kier molecular flexibility index (Phi) is 3.64. The Bertz CT molecular complexity index is 923. The second kappa shape index (κ2) is 5.82. The first-order valence-electron chi connectivity index (χ1n) is 8.53. The van der Waals surface area contributed by atoms with Gasteiger partial charge >= 0.3 is 0 Å². The van der Waals surface area contributed by atoms with Gasteiger partial charge in [-0.15, -0.1) is 0 Å². The molecule has 1 amide bonds. The molecule has 0 saturated carbocycles. The first kappa shape index (κ1) is 15.0. The molecule has 3 aromatic rings. The number of amides is 1. The van der Waals surface area contributed by atoms with Gasteiger partial charge in [-0.25, -0.2) is 0 Å². The average molecular weight is 318 g/mol. The summed E-state index contributed by atoms with van der Waals surface area (Å²) in [6.45, 7) is 5.68. The molecule has 1 aliphatic rings. The highest BCUT2D eigenvalue weighted by Gasteiger charge is 2.24. The van der Waals surface area contributed by atoms with E-state index in [-0.39, 0.29) is 5.91 Å². The van der Waals surface area contributed by atoms with Crippen LogP contribution in [0.25, 0.3) is 10.9 Å². The van der Waals surface area contributed by atoms with Gasteiger partial charge in [0.1, 0.15) is 0 Å². The van der Waals surface area contributed by atoms with Crippen LogP contribution in [0.5, 0.6) is 0 Å². The van der Waals surface area contributed by atoms with Crippen LogP contribution < -0.4 is 0 Å². The molecule has 1 aliphatic heterocycles. The van der Waals surface area contributed by atoms with Crippen molar-refractivity contribution in [3.05, 3.63) is 70.4 Å². The van der Waals surface area contributed by atoms with E-state index in [1.165, 1.54) is 33.3 Å². The van der Waals surface area contributed by atoms with Gasteiger partial charge in [0.05, 0.1) is 6.42 Å². The highest BCUT2D eigenvalue weighted by atomic mass is 16.2. The Labute approximate surface area is 142 Å². The highest BCUT2D eigenvalue weighted by Crippen LogP contribution is 2.28. The summed E-state index contributed by atoms with van der Waals surface area (Å²) >= 11 is 0. The molecule has 3 nitrogen and oxygen atoms in total. The number of aryl methyl sites for hydroxylation is 2. The maximum absolute atomic E-state index is 12.7. The highest BCUT2D eigenvalue weighted by molar-refractivity contribution is 5.87. The lowest BCUT2D eigenvalue weighted by molar-refractivity contribution is -0.131. The quantitative estimate of drug-likeness (QED) is 0.764. The molecule has 2 aromatic carbocycles. The van der Waals surface area contributed by atoms with Crippen molar-refractivity contribution < 1.29 is 4.79 Å². The number of carbonyl (C=O) groups is 1. The summed E-state index contributed by atoms with van der Waals surface area (Å²) in [5, 5.41) is 1.25. The first-order chi connectivity index (χ1) is 11.6. The largest absolute Gasteiger partial charge is 0.358 e. The van der Waals surface area contributed by atoms with Crippen molar-refractivity contribution >= 4 is 16.8 Å². The van der Waals surface area contributed by atoms with Gasteiger partial charge in [0.25, 0.3) is 0 Å². The Morgan fingerprint density at radius 2 is 1.96 bits per heavy atom. The Hall–Kier alpha value is -2.55. The zero-order chi connectivity index (χ0) is 16.7. The SMILES string of the molecule is Cc1cccc(CC(=O)N2CCc3[nH]c4cc(C)ccc4c3C2)c1. The Morgan fingerprint density at radius 1 is 1.12 bits per heavy atom. The molecule has 0 radical (unpaired) electrons. The molecule has 4 rings (SSSR count). The zero-order valence-electron chi connectivity index (χ0n) is 14.2. The summed E-state index contributed by atoms with van der Waals surface area (Å²) < 4.78 is 0. The molecule has 122 valence electrons. The monoisotopic (exact) mass is 318 g/mol. The number of hydrogen-bond donors (Lipinski definition) is 1. The molecule has 0 atom stereocenters. The third kappa shape index (κ3) is 2.71. The Morgan fingerprint density at radius 3 is 2.79 bits per heavy atom. The molecule has 0 unspecified atom stereocenters. The summed E-state index contributed by atoms with van der Waals surface area (Å²) in [7, 11) is 0. The molecular formula is C21H22N2O. The van der Waals surface area contributed by atoms with Gasteiger partial charge < -0.3 is 9.88 Å². The van der Waals surface area contributed by atoms with Crippen molar-refractivity contribution in [1.29, 1.82) is 0 Å². The molecule has 2 heterocycles. The number of nitrogens with zero attached hydrogens (tertiary/aromatic N) is 1. The van der Waals surface area contributed by atoms with Gasteiger partial charge in [0.15, 0.2) is 0 Å². The minimum atomic E-state index is 0.215. The number of benzene rings is 2. The third-order valence-corrected chi connectivity index (χ3v) is 4.92. The predicted octanol–water partition coefficient (Wildman–Crippen LogP) is 3.91. The molecular weight excluding hydrogens is 296 g/mol. The molecule has 3 heteroatoms. The van der Waals surface area contributed by atoms with E-state index in [1.807, 2.05) is 17.0 Å². The number of aromatic nitrogens is 1. The molecule has 0 bridgehead atoms. The maximum Gasteiger partial charge on any atom is 0.227 e. The number of hydrogen-bond acceptors (Lipinski definition) is 1. The zero-order valence-corrected chi connectivity index (χ0v) is 14.2. The molecule has 0 aliphatic carbocycles. The molecule has 1 N–H and O–H groups in total. The number of carbonyl (C=O) groups excluding carboxylic acids is 1. The van der Waals surface area contributed by atoms with E-state index in [9.17, 15) is 4.79 Å². The van der Waals surface area contributed by atoms with Crippen molar-refractivity contribution in [3.8, 4) is 0 Å². The fraction of sp³-hybridized carbons (Fsp3) is 0.286. The minimum absolute atomic E-state index is 0.215. The van der Waals surface area contributed by atoms with Gasteiger partial charge in [-0.1, -0.05) is 42.0 Å². The van der Waals surface area contributed by atoms with E-state index >= 15 is 0 Å². The van der Waals surface area contributed by atoms with Gasteiger partial charge in [-0.05, 0) is 31.0 Å². The lowest BCUT2D eigenvalue weighted by Crippen LogP contribution is -2.36. The smallest absolute Gasteiger partial charge is 0.227 e. The van der Waals surface area contributed by atoms with Crippen LogP contribution >= 0.6 is 0 Å². The average Bonchev–Trinajstić information content (AvgIpc) is 2.91. The van der Waals surface area contributed by atoms with Crippen molar-refractivity contribution in [2.45, 2.75) is 33.2 Å². The lowest BCUT2D eigenvalue weighted by atomic mass is 10.0. The van der Waals surface area contributed by atoms with Crippen molar-refractivity contribution in [2.75, 3.05) is 6.54 Å². The van der Waals surface area contributed by atoms with E-state index in [2.05, 4.69) is 49.2 Å². The standard InChI is InChI=1S/C21H22N2O/c1-14-4-3-5-16(10-14)12-21(24)23-9-8-19-18(13-23)17-7-6-15(2)11-20(17)22-19/h3-7,10-11,22H,8-9,12-13H2,1-2H3. The van der Waals surface area contributed by atoms with E-state index < -0.39 is 0 Å². The number of nitrogens with one attached hydrogen (secondary N) is 1. The van der Waals surface area contributed by atoms with Crippen LogP contribution in [0.4, 0.5) is 0 Å². The van der Waals surface area contributed by atoms with Crippen molar-refractivity contribution in [3.63, 3.8) is 0 Å². The van der Waals surface area contributed by atoms with Gasteiger partial charge in [0, 0.05) is 41.7 Å². The topological polar surface area (TPSA) is 36.1 Å². The maximum atomic E-state index is 12.7. The van der Waals surface area contributed by atoms with E-state index in [0.717, 1.165) is 18.5 Å². The predicted molar refractivity (Wildman–Crippen MR) is 97.0 cm³/mol. The molecule has 0 fully saturated rings. The minimum Gasteiger partial charge on any atom is -0.358 e. The summed E-state index contributed by atoms with van der Waals surface area (Å²) in [5.41, 5.74) is 7.32. The molecule has 0 spiro atoms. The summed E-state index contributed by atoms with van der Waals surface area (Å²) in [4.78, 5) is 18.2. The van der Waals surface area contributed by atoms with Crippen LogP contribution in [0, 0.1) is 13.8 Å². The van der Waals surface area contributed by atoms with Crippen LogP contribution in [0.2, 0.25) is 0 Å². The number of H-pyrrole nitrogens is 1. The summed E-state index contributed by atoms with van der Waals surface area (Å²) in [6, 6.07) is 14.7. The van der Waals surface area contributed by atoms with Gasteiger partial charge in [-0.3, -0.25) is 4.79 Å².